The van der Waals surface area contributed by atoms with Crippen molar-refractivity contribution >= 4 is 27.3 Å². The Morgan fingerprint density at radius 2 is 2.11 bits per heavy atom. The van der Waals surface area contributed by atoms with Crippen LogP contribution in [0.1, 0.15) is 5.56 Å². The molecule has 0 heterocycles. The smallest absolute Gasteiger partial charge is 0.215 e. The van der Waals surface area contributed by atoms with Crippen molar-refractivity contribution in [2.75, 3.05) is 31.7 Å². The molecule has 0 unspecified atom stereocenters. The number of hydrogen-bond donors (Lipinski definition) is 1. The Bertz CT molecular complexity index is 564. The molecule has 0 bridgehead atoms. The van der Waals surface area contributed by atoms with E-state index in [1.165, 1.54) is 24.5 Å². The van der Waals surface area contributed by atoms with Crippen molar-refractivity contribution in [1.29, 1.82) is 5.26 Å². The Balaban J connectivity index is 2.69. The van der Waals surface area contributed by atoms with Crippen LogP contribution in [0, 0.1) is 11.3 Å². The van der Waals surface area contributed by atoms with Crippen molar-refractivity contribution in [3.8, 4) is 6.07 Å². The summed E-state index contributed by atoms with van der Waals surface area (Å²) >= 11 is 5.76. The lowest BCUT2D eigenvalue weighted by Crippen LogP contribution is -2.28. The standard InChI is InChI=1S/C11H14ClN3O2S/c1-15(2)18(16,17)6-5-14-11-4-3-10(12)7-9(11)8-13/h3-4,7,14H,5-6H2,1-2H3. The largest absolute Gasteiger partial charge is 0.383 e. The van der Waals surface area contributed by atoms with E-state index in [2.05, 4.69) is 5.32 Å². The van der Waals surface area contributed by atoms with E-state index in [-0.39, 0.29) is 12.3 Å². The van der Waals surface area contributed by atoms with Gasteiger partial charge in [-0.15, -0.1) is 0 Å². The second-order valence-corrected chi connectivity index (χ2v) is 6.57. The van der Waals surface area contributed by atoms with Gasteiger partial charge in [-0.3, -0.25) is 0 Å². The molecule has 0 radical (unpaired) electrons. The lowest BCUT2D eigenvalue weighted by atomic mass is 10.2. The van der Waals surface area contributed by atoms with Crippen LogP contribution in [0.3, 0.4) is 0 Å². The highest BCUT2D eigenvalue weighted by molar-refractivity contribution is 7.89. The molecule has 0 saturated heterocycles. The molecular weight excluding hydrogens is 274 g/mol. The quantitative estimate of drug-likeness (QED) is 0.891. The lowest BCUT2D eigenvalue weighted by Gasteiger charge is -2.12. The average molecular weight is 288 g/mol. The van der Waals surface area contributed by atoms with Gasteiger partial charge in [0, 0.05) is 25.7 Å². The zero-order valence-corrected chi connectivity index (χ0v) is 11.7. The number of nitrogens with zero attached hydrogens (tertiary/aromatic N) is 2. The van der Waals surface area contributed by atoms with E-state index in [0.717, 1.165) is 0 Å². The Morgan fingerprint density at radius 1 is 1.44 bits per heavy atom. The normalized spacial score (nSPS) is 11.3. The maximum Gasteiger partial charge on any atom is 0.215 e. The molecule has 0 aliphatic carbocycles. The van der Waals surface area contributed by atoms with Crippen LogP contribution in [0.5, 0.6) is 0 Å². The number of rotatable bonds is 5. The highest BCUT2D eigenvalue weighted by Gasteiger charge is 2.13. The first-order valence-electron chi connectivity index (χ1n) is 5.20. The SMILES string of the molecule is CN(C)S(=O)(=O)CCNc1ccc(Cl)cc1C#N. The fourth-order valence-corrected chi connectivity index (χ4v) is 2.16. The Kier molecular flexibility index (Phi) is 4.96. The first-order valence-corrected chi connectivity index (χ1v) is 7.19. The van der Waals surface area contributed by atoms with Gasteiger partial charge in [-0.1, -0.05) is 11.6 Å². The molecule has 1 N–H and O–H groups in total. The Morgan fingerprint density at radius 3 is 2.67 bits per heavy atom. The summed E-state index contributed by atoms with van der Waals surface area (Å²) < 4.78 is 24.2. The fraction of sp³-hybridized carbons (Fsp3) is 0.364. The molecule has 0 aliphatic rings. The molecule has 0 atom stereocenters. The van der Waals surface area contributed by atoms with Crippen molar-refractivity contribution in [3.63, 3.8) is 0 Å². The van der Waals surface area contributed by atoms with Gasteiger partial charge >= 0.3 is 0 Å². The highest BCUT2D eigenvalue weighted by Crippen LogP contribution is 2.19. The predicted octanol–water partition coefficient (Wildman–Crippen LogP) is 1.51. The predicted molar refractivity (Wildman–Crippen MR) is 72.1 cm³/mol. The summed E-state index contributed by atoms with van der Waals surface area (Å²) in [6.07, 6.45) is 0. The van der Waals surface area contributed by atoms with Crippen molar-refractivity contribution in [2.24, 2.45) is 0 Å². The van der Waals surface area contributed by atoms with Gasteiger partial charge in [-0.2, -0.15) is 5.26 Å². The number of sulfonamides is 1. The summed E-state index contributed by atoms with van der Waals surface area (Å²) in [5, 5.41) is 12.3. The monoisotopic (exact) mass is 287 g/mol. The maximum atomic E-state index is 11.5. The van der Waals surface area contributed by atoms with E-state index >= 15 is 0 Å². The third kappa shape index (κ3) is 3.88. The molecule has 98 valence electrons. The second-order valence-electron chi connectivity index (χ2n) is 3.83. The number of halogens is 1. The van der Waals surface area contributed by atoms with Gasteiger partial charge in [0.05, 0.1) is 17.0 Å². The lowest BCUT2D eigenvalue weighted by molar-refractivity contribution is 0.521. The molecule has 5 nitrogen and oxygen atoms in total. The average Bonchev–Trinajstić information content (AvgIpc) is 2.30. The minimum atomic E-state index is -3.23. The summed E-state index contributed by atoms with van der Waals surface area (Å²) in [5.41, 5.74) is 0.973. The van der Waals surface area contributed by atoms with Crippen LogP contribution < -0.4 is 5.32 Å². The van der Waals surface area contributed by atoms with Crippen LogP contribution in [-0.4, -0.2) is 39.1 Å². The first-order chi connectivity index (χ1) is 8.36. The highest BCUT2D eigenvalue weighted by atomic mass is 35.5. The van der Waals surface area contributed by atoms with Crippen LogP contribution in [0.25, 0.3) is 0 Å². The molecule has 0 amide bonds. The van der Waals surface area contributed by atoms with Crippen molar-refractivity contribution in [2.45, 2.75) is 0 Å². The topological polar surface area (TPSA) is 73.2 Å². The number of nitriles is 1. The maximum absolute atomic E-state index is 11.5. The molecule has 0 spiro atoms. The molecule has 0 fully saturated rings. The van der Waals surface area contributed by atoms with Crippen molar-refractivity contribution in [3.05, 3.63) is 28.8 Å². The summed E-state index contributed by atoms with van der Waals surface area (Å²) in [4.78, 5) is 0. The molecule has 1 aromatic carbocycles. The third-order valence-electron chi connectivity index (χ3n) is 2.33. The molecule has 1 aromatic rings. The molecule has 1 rings (SSSR count). The van der Waals surface area contributed by atoms with Gasteiger partial charge < -0.3 is 5.32 Å². The summed E-state index contributed by atoms with van der Waals surface area (Å²) in [6.45, 7) is 0.233. The minimum Gasteiger partial charge on any atom is -0.383 e. The van der Waals surface area contributed by atoms with E-state index in [4.69, 9.17) is 16.9 Å². The fourth-order valence-electron chi connectivity index (χ4n) is 1.26. The summed E-state index contributed by atoms with van der Waals surface area (Å²) in [6, 6.07) is 6.83. The van der Waals surface area contributed by atoms with Gasteiger partial charge in [0.2, 0.25) is 10.0 Å². The number of nitrogens with one attached hydrogen (secondary N) is 1. The number of benzene rings is 1. The second kappa shape index (κ2) is 6.05. The minimum absolute atomic E-state index is 0.0342. The van der Waals surface area contributed by atoms with E-state index in [9.17, 15) is 8.42 Å². The van der Waals surface area contributed by atoms with Crippen LogP contribution in [0.4, 0.5) is 5.69 Å². The third-order valence-corrected chi connectivity index (χ3v) is 4.40. The van der Waals surface area contributed by atoms with Crippen molar-refractivity contribution in [1.82, 2.24) is 4.31 Å². The Labute approximate surface area is 112 Å². The molecular formula is C11H14ClN3O2S. The van der Waals surface area contributed by atoms with Crippen LogP contribution in [-0.2, 0) is 10.0 Å². The molecule has 18 heavy (non-hydrogen) atoms. The molecule has 0 aromatic heterocycles. The number of hydrogen-bond acceptors (Lipinski definition) is 4. The van der Waals surface area contributed by atoms with Gasteiger partial charge in [-0.05, 0) is 18.2 Å². The zero-order valence-electron chi connectivity index (χ0n) is 10.1. The molecule has 7 heteroatoms. The Hall–Kier alpha value is -1.29. The summed E-state index contributed by atoms with van der Waals surface area (Å²) in [5.74, 6) is -0.0342. The van der Waals surface area contributed by atoms with Gasteiger partial charge in [0.1, 0.15) is 6.07 Å². The van der Waals surface area contributed by atoms with Gasteiger partial charge in [0.15, 0.2) is 0 Å². The van der Waals surface area contributed by atoms with E-state index in [1.807, 2.05) is 6.07 Å². The van der Waals surface area contributed by atoms with Gasteiger partial charge in [0.25, 0.3) is 0 Å². The van der Waals surface area contributed by atoms with E-state index in [1.54, 1.807) is 12.1 Å². The van der Waals surface area contributed by atoms with E-state index < -0.39 is 10.0 Å². The zero-order chi connectivity index (χ0) is 13.8. The molecule has 0 aliphatic heterocycles. The van der Waals surface area contributed by atoms with Crippen LogP contribution >= 0.6 is 11.6 Å². The summed E-state index contributed by atoms with van der Waals surface area (Å²) in [7, 11) is -0.265. The number of anilines is 1. The molecule has 0 saturated carbocycles. The van der Waals surface area contributed by atoms with Crippen molar-refractivity contribution < 1.29 is 8.42 Å². The van der Waals surface area contributed by atoms with Crippen LogP contribution in [0.15, 0.2) is 18.2 Å². The first kappa shape index (κ1) is 14.8. The van der Waals surface area contributed by atoms with Gasteiger partial charge in [-0.25, -0.2) is 12.7 Å². The van der Waals surface area contributed by atoms with Crippen LogP contribution in [0.2, 0.25) is 5.02 Å². The van der Waals surface area contributed by atoms with E-state index in [0.29, 0.717) is 16.3 Å².